The van der Waals surface area contributed by atoms with Gasteiger partial charge < -0.3 is 19.7 Å². The quantitative estimate of drug-likeness (QED) is 0.120. The standard InChI is InChI=1S/C38H34B2N2O4/c43-39-46-36-21-25-42(26-22-36)28-30-13-17-34(18-14-30)38(32-9-5-2-6-10-32)37(31-7-3-1-4-8-31)33-15-11-29(12-16-33)27-41-23-19-35(20-24-41)40(44)45/h1-26,39,43-45H,27-28H2/q+2. The maximum absolute atomic E-state index is 9.42. The van der Waals surface area contributed by atoms with E-state index in [-0.39, 0.29) is 7.69 Å². The highest BCUT2D eigenvalue weighted by Gasteiger charge is 2.18. The summed E-state index contributed by atoms with van der Waals surface area (Å²) in [4.78, 5) is 0. The summed E-state index contributed by atoms with van der Waals surface area (Å²) in [6.07, 6.45) is 7.60. The van der Waals surface area contributed by atoms with Gasteiger partial charge in [-0.2, -0.15) is 0 Å². The van der Waals surface area contributed by atoms with Gasteiger partial charge >= 0.3 is 14.8 Å². The second-order valence-corrected chi connectivity index (χ2v) is 11.0. The van der Waals surface area contributed by atoms with Gasteiger partial charge in [0.1, 0.15) is 5.75 Å². The van der Waals surface area contributed by atoms with E-state index in [0.29, 0.717) is 24.3 Å². The monoisotopic (exact) mass is 604 g/mol. The zero-order valence-corrected chi connectivity index (χ0v) is 25.4. The van der Waals surface area contributed by atoms with Crippen molar-refractivity contribution in [2.75, 3.05) is 0 Å². The third kappa shape index (κ3) is 7.50. The van der Waals surface area contributed by atoms with Crippen LogP contribution in [0.1, 0.15) is 33.4 Å². The highest BCUT2D eigenvalue weighted by atomic mass is 16.5. The molecule has 46 heavy (non-hydrogen) atoms. The molecule has 8 heteroatoms. The molecule has 0 aliphatic rings. The Balaban J connectivity index is 1.37. The Labute approximate surface area is 270 Å². The molecule has 0 saturated carbocycles. The molecule has 0 unspecified atom stereocenters. The van der Waals surface area contributed by atoms with E-state index in [1.165, 1.54) is 5.56 Å². The van der Waals surface area contributed by atoms with Crippen molar-refractivity contribution in [1.29, 1.82) is 0 Å². The summed E-state index contributed by atoms with van der Waals surface area (Å²) in [5.74, 6) is 0.629. The molecule has 0 aliphatic heterocycles. The van der Waals surface area contributed by atoms with E-state index < -0.39 is 7.12 Å². The topological polar surface area (TPSA) is 77.7 Å². The van der Waals surface area contributed by atoms with Crippen molar-refractivity contribution in [2.24, 2.45) is 0 Å². The predicted molar refractivity (Wildman–Crippen MR) is 182 cm³/mol. The first-order chi connectivity index (χ1) is 22.6. The Hall–Kier alpha value is -5.27. The minimum atomic E-state index is -1.48. The van der Waals surface area contributed by atoms with Gasteiger partial charge in [0, 0.05) is 35.4 Å². The molecule has 0 spiro atoms. The number of hydrogen-bond donors (Lipinski definition) is 3. The van der Waals surface area contributed by atoms with Gasteiger partial charge in [-0.15, -0.1) is 0 Å². The van der Waals surface area contributed by atoms with Crippen LogP contribution in [-0.2, 0) is 13.1 Å². The highest BCUT2D eigenvalue weighted by Crippen LogP contribution is 2.37. The van der Waals surface area contributed by atoms with Crippen LogP contribution >= 0.6 is 0 Å². The number of pyridine rings is 2. The molecule has 0 amide bonds. The third-order valence-corrected chi connectivity index (χ3v) is 7.90. The lowest BCUT2D eigenvalue weighted by atomic mass is 9.81. The number of hydrogen-bond acceptors (Lipinski definition) is 4. The summed E-state index contributed by atoms with van der Waals surface area (Å²) in [6.45, 7) is 1.37. The summed E-state index contributed by atoms with van der Waals surface area (Å²) in [5, 5.41) is 27.8. The molecule has 224 valence electrons. The largest absolute Gasteiger partial charge is 0.538 e. The first-order valence-electron chi connectivity index (χ1n) is 15.2. The lowest BCUT2D eigenvalue weighted by molar-refractivity contribution is -0.688. The van der Waals surface area contributed by atoms with Gasteiger partial charge in [0.25, 0.3) is 0 Å². The second kappa shape index (κ2) is 14.7. The normalized spacial score (nSPS) is 11.5. The molecule has 0 saturated heterocycles. The smallest absolute Gasteiger partial charge is 0.504 e. The van der Waals surface area contributed by atoms with Crippen LogP contribution in [0, 0.1) is 0 Å². The SMILES string of the molecule is OBOc1cc[n+](Cc2ccc(C(=C(c3ccccc3)c3ccc(C[n+]4ccc(B(O)O)cc4)cc3)c3ccccc3)cc2)cc1. The minimum absolute atomic E-state index is 0.343. The van der Waals surface area contributed by atoms with Gasteiger partial charge in [0.05, 0.1) is 0 Å². The molecule has 0 atom stereocenters. The summed E-state index contributed by atoms with van der Waals surface area (Å²) >= 11 is 0. The molecule has 6 aromatic rings. The molecule has 6 rings (SSSR count). The molecule has 0 aliphatic carbocycles. The molecule has 0 radical (unpaired) electrons. The zero-order valence-electron chi connectivity index (χ0n) is 25.4. The number of aromatic nitrogens is 2. The number of rotatable bonds is 11. The first-order valence-corrected chi connectivity index (χ1v) is 15.2. The van der Waals surface area contributed by atoms with Crippen LogP contribution in [0.4, 0.5) is 0 Å². The zero-order chi connectivity index (χ0) is 31.7. The fourth-order valence-corrected chi connectivity index (χ4v) is 5.56. The maximum atomic E-state index is 9.42. The molecular weight excluding hydrogens is 570 g/mol. The summed E-state index contributed by atoms with van der Waals surface area (Å²) in [5.41, 5.74) is 9.57. The molecule has 4 aromatic carbocycles. The first kappa shape index (κ1) is 30.7. The predicted octanol–water partition coefficient (Wildman–Crippen LogP) is 3.68. The Bertz CT molecular complexity index is 1880. The average molecular weight is 604 g/mol. The van der Waals surface area contributed by atoms with E-state index in [1.54, 1.807) is 12.1 Å². The van der Waals surface area contributed by atoms with E-state index in [1.807, 2.05) is 53.6 Å². The van der Waals surface area contributed by atoms with Gasteiger partial charge in [0.2, 0.25) is 0 Å². The molecule has 3 N–H and O–H groups in total. The van der Waals surface area contributed by atoms with Crippen molar-refractivity contribution in [3.63, 3.8) is 0 Å². The number of benzene rings is 4. The molecule has 2 heterocycles. The Kier molecular flexibility index (Phi) is 9.81. The lowest BCUT2D eigenvalue weighted by Gasteiger charge is -2.18. The fraction of sp³-hybridized carbons (Fsp3) is 0.0526. The maximum Gasteiger partial charge on any atom is 0.504 e. The van der Waals surface area contributed by atoms with Crippen LogP contribution < -0.4 is 19.3 Å². The lowest BCUT2D eigenvalue weighted by Crippen LogP contribution is -2.38. The van der Waals surface area contributed by atoms with E-state index in [4.69, 9.17) is 9.68 Å². The van der Waals surface area contributed by atoms with E-state index >= 15 is 0 Å². The summed E-state index contributed by atoms with van der Waals surface area (Å²) < 4.78 is 9.25. The number of nitrogens with zero attached hydrogens (tertiary/aromatic N) is 2. The summed E-state index contributed by atoms with van der Waals surface area (Å²) in [7, 11) is -1.82. The Morgan fingerprint density at radius 1 is 0.522 bits per heavy atom. The van der Waals surface area contributed by atoms with E-state index in [0.717, 1.165) is 39.0 Å². The van der Waals surface area contributed by atoms with Gasteiger partial charge in [-0.3, -0.25) is 0 Å². The van der Waals surface area contributed by atoms with E-state index in [2.05, 4.69) is 102 Å². The van der Waals surface area contributed by atoms with Crippen molar-refractivity contribution < 1.29 is 28.9 Å². The highest BCUT2D eigenvalue weighted by molar-refractivity contribution is 6.58. The van der Waals surface area contributed by atoms with Crippen molar-refractivity contribution in [2.45, 2.75) is 13.1 Å². The summed E-state index contributed by atoms with van der Waals surface area (Å²) in [6, 6.07) is 45.6. The van der Waals surface area contributed by atoms with Gasteiger partial charge in [-0.1, -0.05) is 109 Å². The van der Waals surface area contributed by atoms with Crippen molar-refractivity contribution in [1.82, 2.24) is 0 Å². The Morgan fingerprint density at radius 2 is 0.913 bits per heavy atom. The van der Waals surface area contributed by atoms with Crippen LogP contribution in [0.25, 0.3) is 11.1 Å². The third-order valence-electron chi connectivity index (χ3n) is 7.90. The molecule has 0 fully saturated rings. The second-order valence-electron chi connectivity index (χ2n) is 11.0. The fourth-order valence-electron chi connectivity index (χ4n) is 5.56. The van der Waals surface area contributed by atoms with E-state index in [9.17, 15) is 10.0 Å². The molecular formula is C38H34B2N2O4+2. The van der Waals surface area contributed by atoms with Crippen LogP contribution in [-0.4, -0.2) is 29.9 Å². The Morgan fingerprint density at radius 3 is 1.30 bits per heavy atom. The average Bonchev–Trinajstić information content (AvgIpc) is 3.10. The van der Waals surface area contributed by atoms with Crippen LogP contribution in [0.3, 0.4) is 0 Å². The van der Waals surface area contributed by atoms with Crippen LogP contribution in [0.5, 0.6) is 5.75 Å². The van der Waals surface area contributed by atoms with Crippen molar-refractivity contribution >= 4 is 31.4 Å². The molecule has 6 nitrogen and oxygen atoms in total. The van der Waals surface area contributed by atoms with Crippen molar-refractivity contribution in [3.8, 4) is 5.75 Å². The van der Waals surface area contributed by atoms with Crippen molar-refractivity contribution in [3.05, 3.63) is 192 Å². The van der Waals surface area contributed by atoms with Gasteiger partial charge in [0.15, 0.2) is 37.9 Å². The molecule has 2 aromatic heterocycles. The van der Waals surface area contributed by atoms with Crippen LogP contribution in [0.2, 0.25) is 0 Å². The molecule has 0 bridgehead atoms. The minimum Gasteiger partial charge on any atom is -0.538 e. The van der Waals surface area contributed by atoms with Crippen LogP contribution in [0.15, 0.2) is 158 Å². The van der Waals surface area contributed by atoms with Gasteiger partial charge in [-0.25, -0.2) is 9.13 Å². The van der Waals surface area contributed by atoms with Gasteiger partial charge in [-0.05, 0) is 38.9 Å².